The third-order valence-electron chi connectivity index (χ3n) is 2.63. The van der Waals surface area contributed by atoms with Gasteiger partial charge < -0.3 is 15.8 Å². The molecule has 88 valence electrons. The van der Waals surface area contributed by atoms with E-state index in [2.05, 4.69) is 26.2 Å². The lowest BCUT2D eigenvalue weighted by Crippen LogP contribution is -2.27. The number of hydrogen-bond donors (Lipinski definition) is 2. The highest BCUT2D eigenvalue weighted by Crippen LogP contribution is 2.22. The van der Waals surface area contributed by atoms with Gasteiger partial charge in [0.15, 0.2) is 0 Å². The van der Waals surface area contributed by atoms with Crippen molar-refractivity contribution in [3.05, 3.63) is 16.7 Å². The van der Waals surface area contributed by atoms with Crippen molar-refractivity contribution in [3.63, 3.8) is 0 Å². The molecular weight excluding hydrogens is 270 g/mol. The zero-order valence-corrected chi connectivity index (χ0v) is 10.7. The minimum Gasteiger partial charge on any atom is -0.397 e. The van der Waals surface area contributed by atoms with E-state index in [4.69, 9.17) is 10.5 Å². The Balaban J connectivity index is 1.88. The van der Waals surface area contributed by atoms with E-state index < -0.39 is 0 Å². The molecule has 2 rings (SSSR count). The zero-order valence-electron chi connectivity index (χ0n) is 9.08. The summed E-state index contributed by atoms with van der Waals surface area (Å²) in [6.07, 6.45) is 5.51. The molecule has 0 radical (unpaired) electrons. The van der Waals surface area contributed by atoms with Crippen LogP contribution < -0.4 is 11.1 Å². The SMILES string of the molecule is Nc1cnc(NCC2CCCCO2)c(Br)c1. The molecule has 16 heavy (non-hydrogen) atoms. The average molecular weight is 286 g/mol. The standard InChI is InChI=1S/C11H16BrN3O/c12-10-5-8(13)6-14-11(10)15-7-9-3-1-2-4-16-9/h5-6,9H,1-4,7,13H2,(H,14,15). The third-order valence-corrected chi connectivity index (χ3v) is 3.24. The summed E-state index contributed by atoms with van der Waals surface area (Å²) in [7, 11) is 0. The van der Waals surface area contributed by atoms with Gasteiger partial charge in [-0.15, -0.1) is 0 Å². The van der Waals surface area contributed by atoms with E-state index in [1.54, 1.807) is 6.20 Å². The number of aromatic nitrogens is 1. The predicted molar refractivity (Wildman–Crippen MR) is 68.4 cm³/mol. The Morgan fingerprint density at radius 2 is 2.44 bits per heavy atom. The van der Waals surface area contributed by atoms with Crippen LogP contribution >= 0.6 is 15.9 Å². The Morgan fingerprint density at radius 1 is 1.56 bits per heavy atom. The molecule has 5 heteroatoms. The van der Waals surface area contributed by atoms with Crippen molar-refractivity contribution in [2.75, 3.05) is 24.2 Å². The molecule has 1 aromatic rings. The molecule has 0 saturated carbocycles. The van der Waals surface area contributed by atoms with E-state index in [1.807, 2.05) is 6.07 Å². The Morgan fingerprint density at radius 3 is 3.12 bits per heavy atom. The number of anilines is 2. The molecule has 1 aliphatic rings. The first-order valence-corrected chi connectivity index (χ1v) is 6.31. The van der Waals surface area contributed by atoms with Gasteiger partial charge in [-0.1, -0.05) is 0 Å². The van der Waals surface area contributed by atoms with Crippen LogP contribution in [-0.2, 0) is 4.74 Å². The van der Waals surface area contributed by atoms with E-state index in [0.29, 0.717) is 11.8 Å². The maximum atomic E-state index is 5.63. The highest BCUT2D eigenvalue weighted by atomic mass is 79.9. The maximum Gasteiger partial charge on any atom is 0.140 e. The number of rotatable bonds is 3. The lowest BCUT2D eigenvalue weighted by atomic mass is 10.1. The van der Waals surface area contributed by atoms with Crippen molar-refractivity contribution in [2.45, 2.75) is 25.4 Å². The second-order valence-electron chi connectivity index (χ2n) is 3.97. The van der Waals surface area contributed by atoms with Crippen LogP contribution in [0.15, 0.2) is 16.7 Å². The second kappa shape index (κ2) is 5.50. The first kappa shape index (κ1) is 11.7. The van der Waals surface area contributed by atoms with Crippen LogP contribution in [0.3, 0.4) is 0 Å². The minimum absolute atomic E-state index is 0.306. The fraction of sp³-hybridized carbons (Fsp3) is 0.545. The Hall–Kier alpha value is -0.810. The number of nitrogens with zero attached hydrogens (tertiary/aromatic N) is 1. The molecule has 1 saturated heterocycles. The number of pyridine rings is 1. The second-order valence-corrected chi connectivity index (χ2v) is 4.82. The quantitative estimate of drug-likeness (QED) is 0.895. The molecule has 0 aromatic carbocycles. The van der Waals surface area contributed by atoms with Crippen molar-refractivity contribution < 1.29 is 4.74 Å². The van der Waals surface area contributed by atoms with Crippen LogP contribution in [-0.4, -0.2) is 24.2 Å². The summed E-state index contributed by atoms with van der Waals surface area (Å²) >= 11 is 3.43. The highest BCUT2D eigenvalue weighted by Gasteiger charge is 2.14. The summed E-state index contributed by atoms with van der Waals surface area (Å²) in [4.78, 5) is 4.22. The summed E-state index contributed by atoms with van der Waals surface area (Å²) in [5.41, 5.74) is 6.28. The molecule has 2 heterocycles. The van der Waals surface area contributed by atoms with Gasteiger partial charge in [-0.3, -0.25) is 0 Å². The van der Waals surface area contributed by atoms with Gasteiger partial charge in [-0.25, -0.2) is 4.98 Å². The van der Waals surface area contributed by atoms with Gasteiger partial charge in [0, 0.05) is 13.2 Å². The predicted octanol–water partition coefficient (Wildman–Crippen LogP) is 2.41. The molecular formula is C11H16BrN3O. The summed E-state index contributed by atoms with van der Waals surface area (Å²) in [5, 5.41) is 3.27. The van der Waals surface area contributed by atoms with E-state index in [9.17, 15) is 0 Å². The molecule has 0 amide bonds. The number of hydrogen-bond acceptors (Lipinski definition) is 4. The molecule has 0 bridgehead atoms. The number of nitrogens with one attached hydrogen (secondary N) is 1. The topological polar surface area (TPSA) is 60.2 Å². The number of ether oxygens (including phenoxy) is 1. The normalized spacial score (nSPS) is 20.7. The van der Waals surface area contributed by atoms with Gasteiger partial charge >= 0.3 is 0 Å². The van der Waals surface area contributed by atoms with E-state index in [-0.39, 0.29) is 0 Å². The van der Waals surface area contributed by atoms with Crippen LogP contribution in [0.25, 0.3) is 0 Å². The molecule has 1 unspecified atom stereocenters. The summed E-state index contributed by atoms with van der Waals surface area (Å²) in [6, 6.07) is 1.84. The molecule has 1 aliphatic heterocycles. The third kappa shape index (κ3) is 3.09. The largest absolute Gasteiger partial charge is 0.397 e. The van der Waals surface area contributed by atoms with Crippen molar-refractivity contribution in [1.82, 2.24) is 4.98 Å². The summed E-state index contributed by atoms with van der Waals surface area (Å²) < 4.78 is 6.52. The van der Waals surface area contributed by atoms with E-state index in [0.717, 1.165) is 29.9 Å². The van der Waals surface area contributed by atoms with Crippen molar-refractivity contribution in [2.24, 2.45) is 0 Å². The lowest BCUT2D eigenvalue weighted by Gasteiger charge is -2.23. The molecule has 0 aliphatic carbocycles. The van der Waals surface area contributed by atoms with Gasteiger partial charge in [0.2, 0.25) is 0 Å². The van der Waals surface area contributed by atoms with Crippen LogP contribution in [0.5, 0.6) is 0 Å². The molecule has 3 N–H and O–H groups in total. The molecule has 1 atom stereocenters. The van der Waals surface area contributed by atoms with Crippen LogP contribution in [0.1, 0.15) is 19.3 Å². The monoisotopic (exact) mass is 285 g/mol. The van der Waals surface area contributed by atoms with Crippen molar-refractivity contribution in [1.29, 1.82) is 0 Å². The Bertz CT molecular complexity index is 353. The van der Waals surface area contributed by atoms with Gasteiger partial charge in [0.05, 0.1) is 22.5 Å². The Labute approximate surface area is 104 Å². The zero-order chi connectivity index (χ0) is 11.4. The Kier molecular flexibility index (Phi) is 4.01. The van der Waals surface area contributed by atoms with Crippen molar-refractivity contribution >= 4 is 27.4 Å². The molecule has 0 spiro atoms. The van der Waals surface area contributed by atoms with E-state index >= 15 is 0 Å². The van der Waals surface area contributed by atoms with Gasteiger partial charge in [-0.05, 0) is 41.3 Å². The van der Waals surface area contributed by atoms with Crippen molar-refractivity contribution in [3.8, 4) is 0 Å². The molecule has 1 fully saturated rings. The number of nitrogen functional groups attached to an aromatic ring is 1. The minimum atomic E-state index is 0.306. The average Bonchev–Trinajstić information content (AvgIpc) is 2.29. The number of nitrogens with two attached hydrogens (primary N) is 1. The first-order chi connectivity index (χ1) is 7.75. The highest BCUT2D eigenvalue weighted by molar-refractivity contribution is 9.10. The first-order valence-electron chi connectivity index (χ1n) is 5.52. The lowest BCUT2D eigenvalue weighted by molar-refractivity contribution is 0.0247. The molecule has 1 aromatic heterocycles. The smallest absolute Gasteiger partial charge is 0.140 e. The summed E-state index contributed by atoms with van der Waals surface area (Å²) in [5.74, 6) is 0.823. The van der Waals surface area contributed by atoms with Gasteiger partial charge in [-0.2, -0.15) is 0 Å². The van der Waals surface area contributed by atoms with E-state index in [1.165, 1.54) is 12.8 Å². The van der Waals surface area contributed by atoms with Gasteiger partial charge in [0.1, 0.15) is 5.82 Å². The van der Waals surface area contributed by atoms with Crippen LogP contribution in [0, 0.1) is 0 Å². The fourth-order valence-corrected chi connectivity index (χ4v) is 2.27. The van der Waals surface area contributed by atoms with Crippen LogP contribution in [0.2, 0.25) is 0 Å². The maximum absolute atomic E-state index is 5.63. The molecule has 4 nitrogen and oxygen atoms in total. The summed E-state index contributed by atoms with van der Waals surface area (Å²) in [6.45, 7) is 1.68. The van der Waals surface area contributed by atoms with Crippen LogP contribution in [0.4, 0.5) is 11.5 Å². The fourth-order valence-electron chi connectivity index (χ4n) is 1.76. The number of halogens is 1. The van der Waals surface area contributed by atoms with Gasteiger partial charge in [0.25, 0.3) is 0 Å².